The van der Waals surface area contributed by atoms with E-state index in [1.165, 1.54) is 61.5 Å². The fraction of sp³-hybridized carbons (Fsp3) is 0.275. The van der Waals surface area contributed by atoms with Crippen molar-refractivity contribution in [1.82, 2.24) is 4.90 Å². The van der Waals surface area contributed by atoms with Crippen LogP contribution in [0.5, 0.6) is 0 Å². The molecule has 0 aliphatic heterocycles. The van der Waals surface area contributed by atoms with Crippen LogP contribution in [0.3, 0.4) is 0 Å². The van der Waals surface area contributed by atoms with Gasteiger partial charge in [0.2, 0.25) is 0 Å². The molecule has 0 saturated carbocycles. The molecule has 0 aliphatic carbocycles. The van der Waals surface area contributed by atoms with Crippen LogP contribution in [0.15, 0.2) is 91.0 Å². The SMILES string of the molecule is CCOC(=O)C(CC(=O)OCc1ccc(NC(=O)c2ccc(C)cc2-c2ccc(C(F)(F)F)cc2)c(C(=O)N(C)C)c1)(C(=O)OCC)c1ccccc1.[HH]. The lowest BCUT2D eigenvalue weighted by Crippen LogP contribution is -2.48. The van der Waals surface area contributed by atoms with E-state index in [4.69, 9.17) is 14.2 Å². The van der Waals surface area contributed by atoms with Crippen molar-refractivity contribution in [2.75, 3.05) is 32.6 Å². The average Bonchev–Trinajstić information content (AvgIpc) is 3.13. The van der Waals surface area contributed by atoms with Crippen LogP contribution in [0.25, 0.3) is 11.1 Å². The molecule has 4 rings (SSSR count). The van der Waals surface area contributed by atoms with Crippen LogP contribution in [0.1, 0.15) is 64.7 Å². The number of ether oxygens (including phenoxy) is 3. The molecular formula is C40H41F3N2O8. The van der Waals surface area contributed by atoms with Crippen molar-refractivity contribution >= 4 is 35.4 Å². The van der Waals surface area contributed by atoms with Crippen molar-refractivity contribution in [2.24, 2.45) is 0 Å². The quantitative estimate of drug-likeness (QED) is 0.0857. The van der Waals surface area contributed by atoms with Gasteiger partial charge in [-0.3, -0.25) is 24.0 Å². The first-order valence-corrected chi connectivity index (χ1v) is 16.6. The standard InChI is InChI=1S/C40H39F3N2O8.H2/c1-6-51-37(49)39(38(50)52-7-2,28-11-9-8-10-12-28)23-34(46)53-24-26-14-20-33(32(22-26)36(48)45(4)5)44-35(47)30-19-13-25(3)21-31(30)27-15-17-29(18-16-27)40(41,42)43;/h8-22H,6-7,23-24H2,1-5H3,(H,44,47);1H. The number of hydrogen-bond acceptors (Lipinski definition) is 8. The number of carbonyl (C=O) groups excluding carboxylic acids is 5. The van der Waals surface area contributed by atoms with Crippen LogP contribution >= 0.6 is 0 Å². The Morgan fingerprint density at radius 2 is 1.36 bits per heavy atom. The highest BCUT2D eigenvalue weighted by Crippen LogP contribution is 2.34. The summed E-state index contributed by atoms with van der Waals surface area (Å²) >= 11 is 0. The summed E-state index contributed by atoms with van der Waals surface area (Å²) in [5.41, 5.74) is -0.569. The Bertz CT molecular complexity index is 1970. The van der Waals surface area contributed by atoms with Crippen LogP contribution in [0.2, 0.25) is 0 Å². The third kappa shape index (κ3) is 9.28. The Hall–Kier alpha value is -5.98. The van der Waals surface area contributed by atoms with E-state index >= 15 is 0 Å². The number of esters is 3. The normalized spacial score (nSPS) is 11.3. The minimum atomic E-state index is -4.52. The molecule has 0 heterocycles. The summed E-state index contributed by atoms with van der Waals surface area (Å²) in [6, 6.07) is 21.7. The highest BCUT2D eigenvalue weighted by Gasteiger charge is 2.52. The summed E-state index contributed by atoms with van der Waals surface area (Å²) in [6.45, 7) is 4.42. The lowest BCUT2D eigenvalue weighted by atomic mass is 9.77. The van der Waals surface area contributed by atoms with E-state index in [0.717, 1.165) is 17.7 Å². The van der Waals surface area contributed by atoms with Gasteiger partial charge < -0.3 is 24.4 Å². The van der Waals surface area contributed by atoms with Gasteiger partial charge in [-0.1, -0.05) is 66.2 Å². The molecule has 0 saturated heterocycles. The molecule has 0 spiro atoms. The van der Waals surface area contributed by atoms with Crippen LogP contribution in [-0.2, 0) is 46.8 Å². The number of alkyl halides is 3. The summed E-state index contributed by atoms with van der Waals surface area (Å²) in [6.07, 6.45) is -5.26. The largest absolute Gasteiger partial charge is 0.465 e. The Morgan fingerprint density at radius 1 is 0.736 bits per heavy atom. The molecule has 2 amide bonds. The first-order valence-electron chi connectivity index (χ1n) is 16.6. The summed E-state index contributed by atoms with van der Waals surface area (Å²) in [5, 5.41) is 2.74. The van der Waals surface area contributed by atoms with Crippen LogP contribution < -0.4 is 5.32 Å². The van der Waals surface area contributed by atoms with Gasteiger partial charge in [0, 0.05) is 21.1 Å². The number of amides is 2. The molecule has 0 aliphatic rings. The van der Waals surface area contributed by atoms with Gasteiger partial charge >= 0.3 is 24.1 Å². The van der Waals surface area contributed by atoms with Gasteiger partial charge in [0.25, 0.3) is 11.8 Å². The van der Waals surface area contributed by atoms with Crippen molar-refractivity contribution in [3.05, 3.63) is 124 Å². The maximum atomic E-state index is 13.7. The van der Waals surface area contributed by atoms with E-state index < -0.39 is 53.3 Å². The van der Waals surface area contributed by atoms with Crippen LogP contribution in [0.4, 0.5) is 18.9 Å². The third-order valence-electron chi connectivity index (χ3n) is 8.24. The van der Waals surface area contributed by atoms with Crippen molar-refractivity contribution in [2.45, 2.75) is 45.4 Å². The lowest BCUT2D eigenvalue weighted by Gasteiger charge is -2.28. The first-order chi connectivity index (χ1) is 25.1. The maximum absolute atomic E-state index is 13.7. The van der Waals surface area contributed by atoms with E-state index in [2.05, 4.69) is 5.32 Å². The summed E-state index contributed by atoms with van der Waals surface area (Å²) in [7, 11) is 3.02. The molecule has 0 fully saturated rings. The number of halogens is 3. The second-order valence-electron chi connectivity index (χ2n) is 12.2. The monoisotopic (exact) mass is 734 g/mol. The number of rotatable bonds is 13. The number of anilines is 1. The minimum Gasteiger partial charge on any atom is -0.465 e. The zero-order valence-corrected chi connectivity index (χ0v) is 29.8. The van der Waals surface area contributed by atoms with Crippen LogP contribution in [-0.4, -0.2) is 61.9 Å². The second-order valence-corrected chi connectivity index (χ2v) is 12.2. The van der Waals surface area contributed by atoms with E-state index in [0.29, 0.717) is 16.7 Å². The fourth-order valence-corrected chi connectivity index (χ4v) is 5.56. The molecule has 53 heavy (non-hydrogen) atoms. The van der Waals surface area contributed by atoms with Gasteiger partial charge in [0.05, 0.1) is 36.4 Å². The summed E-state index contributed by atoms with van der Waals surface area (Å²) in [4.78, 5) is 68.3. The summed E-state index contributed by atoms with van der Waals surface area (Å²) < 4.78 is 55.6. The number of carbonyl (C=O) groups is 5. The first kappa shape index (κ1) is 39.8. The Morgan fingerprint density at radius 3 is 1.92 bits per heavy atom. The van der Waals surface area contributed by atoms with Gasteiger partial charge in [-0.25, -0.2) is 0 Å². The number of nitrogens with one attached hydrogen (secondary N) is 1. The average molecular weight is 735 g/mol. The Balaban J connectivity index is 0.00000784. The van der Waals surface area contributed by atoms with Gasteiger partial charge in [-0.2, -0.15) is 13.2 Å². The van der Waals surface area contributed by atoms with E-state index in [1.807, 2.05) is 0 Å². The smallest absolute Gasteiger partial charge is 0.416 e. The predicted octanol–water partition coefficient (Wildman–Crippen LogP) is 7.38. The number of aryl methyl sites for hydroxylation is 1. The van der Waals surface area contributed by atoms with E-state index in [9.17, 15) is 37.1 Å². The van der Waals surface area contributed by atoms with Gasteiger partial charge in [0.1, 0.15) is 6.61 Å². The van der Waals surface area contributed by atoms with Gasteiger partial charge in [-0.15, -0.1) is 0 Å². The molecule has 4 aromatic carbocycles. The molecular weight excluding hydrogens is 693 g/mol. The molecule has 4 aromatic rings. The summed E-state index contributed by atoms with van der Waals surface area (Å²) in [5.74, 6) is -4.00. The fourth-order valence-electron chi connectivity index (χ4n) is 5.56. The molecule has 0 bridgehead atoms. The van der Waals surface area contributed by atoms with Crippen molar-refractivity contribution in [1.29, 1.82) is 0 Å². The topological polar surface area (TPSA) is 128 Å². The molecule has 0 aromatic heterocycles. The van der Waals surface area contributed by atoms with Crippen molar-refractivity contribution in [3.63, 3.8) is 0 Å². The lowest BCUT2D eigenvalue weighted by molar-refractivity contribution is -0.170. The Labute approximate surface area is 306 Å². The van der Waals surface area contributed by atoms with E-state index in [-0.39, 0.29) is 43.6 Å². The van der Waals surface area contributed by atoms with Crippen molar-refractivity contribution < 1.29 is 52.8 Å². The Kier molecular flexibility index (Phi) is 12.8. The van der Waals surface area contributed by atoms with Crippen molar-refractivity contribution in [3.8, 4) is 11.1 Å². The van der Waals surface area contributed by atoms with E-state index in [1.54, 1.807) is 57.2 Å². The highest BCUT2D eigenvalue weighted by molar-refractivity contribution is 6.12. The molecule has 13 heteroatoms. The molecule has 1 N–H and O–H groups in total. The molecule has 0 unspecified atom stereocenters. The molecule has 280 valence electrons. The van der Waals surface area contributed by atoms with Gasteiger partial charge in [0.15, 0.2) is 5.41 Å². The molecule has 10 nitrogen and oxygen atoms in total. The minimum absolute atomic E-state index is 0. The zero-order chi connectivity index (χ0) is 38.9. The second kappa shape index (κ2) is 17.0. The number of hydrogen-bond donors (Lipinski definition) is 1. The van der Waals surface area contributed by atoms with Gasteiger partial charge in [-0.05, 0) is 73.4 Å². The molecule has 0 radical (unpaired) electrons. The third-order valence-corrected chi connectivity index (χ3v) is 8.24. The zero-order valence-electron chi connectivity index (χ0n) is 29.8. The number of benzene rings is 4. The predicted molar refractivity (Wildman–Crippen MR) is 192 cm³/mol. The number of nitrogens with zero attached hydrogens (tertiary/aromatic N) is 1. The molecule has 0 atom stereocenters. The van der Waals surface area contributed by atoms with Crippen LogP contribution in [0, 0.1) is 6.92 Å². The highest BCUT2D eigenvalue weighted by atomic mass is 19.4. The maximum Gasteiger partial charge on any atom is 0.416 e.